The molecule has 1 aliphatic rings. The fourth-order valence-electron chi connectivity index (χ4n) is 1.04. The molecular weight excluding hydrogens is 146 g/mol. The zero-order valence-electron chi connectivity index (χ0n) is 6.41. The number of primary amides is 1. The number of hydrogen-bond acceptors (Lipinski definition) is 3. The van der Waals surface area contributed by atoms with Gasteiger partial charge in [0, 0.05) is 6.61 Å². The van der Waals surface area contributed by atoms with E-state index in [0.717, 1.165) is 19.4 Å². The second-order valence-corrected chi connectivity index (χ2v) is 2.62. The molecule has 0 saturated carbocycles. The molecule has 0 bridgehead atoms. The van der Waals surface area contributed by atoms with Gasteiger partial charge in [0.05, 0.1) is 12.7 Å². The van der Waals surface area contributed by atoms with Crippen molar-refractivity contribution in [3.8, 4) is 0 Å². The molecule has 0 aliphatic carbocycles. The zero-order valence-corrected chi connectivity index (χ0v) is 6.41. The summed E-state index contributed by atoms with van der Waals surface area (Å²) in [6.07, 6.45) is 2.03. The molecule has 1 amide bonds. The molecule has 1 fully saturated rings. The molecule has 0 aromatic rings. The molecule has 0 radical (unpaired) electrons. The van der Waals surface area contributed by atoms with Gasteiger partial charge < -0.3 is 15.2 Å². The Balaban J connectivity index is 2.09. The summed E-state index contributed by atoms with van der Waals surface area (Å²) in [7, 11) is 0. The highest BCUT2D eigenvalue weighted by Crippen LogP contribution is 2.08. The van der Waals surface area contributed by atoms with E-state index in [-0.39, 0.29) is 12.7 Å². The Hall–Kier alpha value is -0.610. The lowest BCUT2D eigenvalue weighted by Gasteiger charge is -2.21. The highest BCUT2D eigenvalue weighted by molar-refractivity contribution is 5.74. The van der Waals surface area contributed by atoms with Gasteiger partial charge in [-0.15, -0.1) is 0 Å². The predicted molar refractivity (Wildman–Crippen MR) is 39.0 cm³/mol. The summed E-state index contributed by atoms with van der Waals surface area (Å²) in [4.78, 5) is 10.3. The lowest BCUT2D eigenvalue weighted by molar-refractivity contribution is -0.127. The smallest absolute Gasteiger partial charge is 0.243 e. The van der Waals surface area contributed by atoms with Crippen LogP contribution in [0.5, 0.6) is 0 Å². The number of nitrogens with two attached hydrogens (primary N) is 1. The predicted octanol–water partition coefficient (Wildman–Crippen LogP) is -0.333. The lowest BCUT2D eigenvalue weighted by atomic mass is 10.2. The summed E-state index contributed by atoms with van der Waals surface area (Å²) in [6.45, 7) is 1.40. The molecule has 4 nitrogen and oxygen atoms in total. The molecule has 1 saturated heterocycles. The maximum Gasteiger partial charge on any atom is 0.243 e. The Labute approximate surface area is 65.7 Å². The SMILES string of the molecule is NC(=O)CO[C@H]1CCCOC1. The number of hydrogen-bond donors (Lipinski definition) is 1. The minimum absolute atomic E-state index is 0.00796. The van der Waals surface area contributed by atoms with E-state index < -0.39 is 5.91 Å². The van der Waals surface area contributed by atoms with Crippen LogP contribution in [0.2, 0.25) is 0 Å². The normalized spacial score (nSPS) is 24.9. The Bertz CT molecular complexity index is 132. The zero-order chi connectivity index (χ0) is 8.10. The monoisotopic (exact) mass is 159 g/mol. The largest absolute Gasteiger partial charge is 0.379 e. The van der Waals surface area contributed by atoms with Crippen molar-refractivity contribution in [3.05, 3.63) is 0 Å². The number of amides is 1. The molecule has 11 heavy (non-hydrogen) atoms. The van der Waals surface area contributed by atoms with Crippen molar-refractivity contribution in [2.75, 3.05) is 19.8 Å². The number of carbonyl (C=O) groups is 1. The minimum Gasteiger partial charge on any atom is -0.379 e. The van der Waals surface area contributed by atoms with E-state index in [1.54, 1.807) is 0 Å². The Kier molecular flexibility index (Phi) is 3.32. The standard InChI is InChI=1S/C7H13NO3/c8-7(9)5-11-6-2-1-3-10-4-6/h6H,1-5H2,(H2,8,9)/t6-/m0/s1. The summed E-state index contributed by atoms with van der Waals surface area (Å²) in [5.41, 5.74) is 4.90. The van der Waals surface area contributed by atoms with Crippen molar-refractivity contribution in [2.24, 2.45) is 5.73 Å². The average molecular weight is 159 g/mol. The lowest BCUT2D eigenvalue weighted by Crippen LogP contribution is -2.29. The van der Waals surface area contributed by atoms with Gasteiger partial charge in [0.25, 0.3) is 0 Å². The van der Waals surface area contributed by atoms with Gasteiger partial charge in [-0.2, -0.15) is 0 Å². The van der Waals surface area contributed by atoms with Crippen LogP contribution in [-0.2, 0) is 14.3 Å². The van der Waals surface area contributed by atoms with Gasteiger partial charge in [-0.1, -0.05) is 0 Å². The summed E-state index contributed by atoms with van der Waals surface area (Å²) in [5, 5.41) is 0. The van der Waals surface area contributed by atoms with Crippen LogP contribution in [0.3, 0.4) is 0 Å². The van der Waals surface area contributed by atoms with E-state index >= 15 is 0 Å². The third kappa shape index (κ3) is 3.34. The van der Waals surface area contributed by atoms with Crippen LogP contribution in [0.1, 0.15) is 12.8 Å². The first-order valence-electron chi connectivity index (χ1n) is 3.76. The van der Waals surface area contributed by atoms with Crippen molar-refractivity contribution in [1.29, 1.82) is 0 Å². The second-order valence-electron chi connectivity index (χ2n) is 2.62. The quantitative estimate of drug-likeness (QED) is 0.613. The number of carbonyl (C=O) groups excluding carboxylic acids is 1. The van der Waals surface area contributed by atoms with Crippen molar-refractivity contribution >= 4 is 5.91 Å². The summed E-state index contributed by atoms with van der Waals surface area (Å²) in [5.74, 6) is -0.421. The topological polar surface area (TPSA) is 61.6 Å². The molecule has 1 heterocycles. The molecule has 4 heteroatoms. The summed E-state index contributed by atoms with van der Waals surface area (Å²) < 4.78 is 10.3. The van der Waals surface area contributed by atoms with Crippen molar-refractivity contribution in [1.82, 2.24) is 0 Å². The molecule has 1 rings (SSSR count). The summed E-state index contributed by atoms with van der Waals surface area (Å²) in [6, 6.07) is 0. The van der Waals surface area contributed by atoms with Crippen LogP contribution in [0.4, 0.5) is 0 Å². The van der Waals surface area contributed by atoms with Crippen LogP contribution in [0.25, 0.3) is 0 Å². The fraction of sp³-hybridized carbons (Fsp3) is 0.857. The first-order valence-corrected chi connectivity index (χ1v) is 3.76. The number of rotatable bonds is 3. The van der Waals surface area contributed by atoms with Gasteiger partial charge in [-0.25, -0.2) is 0 Å². The highest BCUT2D eigenvalue weighted by atomic mass is 16.5. The van der Waals surface area contributed by atoms with E-state index in [1.165, 1.54) is 0 Å². The van der Waals surface area contributed by atoms with Gasteiger partial charge in [0.15, 0.2) is 0 Å². The van der Waals surface area contributed by atoms with Crippen LogP contribution in [-0.4, -0.2) is 31.8 Å². The van der Waals surface area contributed by atoms with E-state index in [2.05, 4.69) is 0 Å². The molecule has 1 aliphatic heterocycles. The van der Waals surface area contributed by atoms with Gasteiger partial charge >= 0.3 is 0 Å². The fourth-order valence-corrected chi connectivity index (χ4v) is 1.04. The third-order valence-corrected chi connectivity index (χ3v) is 1.58. The second kappa shape index (κ2) is 4.31. The Morgan fingerprint density at radius 1 is 1.73 bits per heavy atom. The van der Waals surface area contributed by atoms with E-state index in [9.17, 15) is 4.79 Å². The number of ether oxygens (including phenoxy) is 2. The van der Waals surface area contributed by atoms with Gasteiger partial charge in [-0.3, -0.25) is 4.79 Å². The molecule has 0 aromatic heterocycles. The molecule has 0 spiro atoms. The van der Waals surface area contributed by atoms with Gasteiger partial charge in [0.2, 0.25) is 5.91 Å². The molecule has 0 unspecified atom stereocenters. The average Bonchev–Trinajstić information content (AvgIpc) is 2.03. The minimum atomic E-state index is -0.421. The molecule has 2 N–H and O–H groups in total. The third-order valence-electron chi connectivity index (χ3n) is 1.58. The van der Waals surface area contributed by atoms with Gasteiger partial charge in [-0.05, 0) is 12.8 Å². The van der Waals surface area contributed by atoms with Crippen LogP contribution in [0, 0.1) is 0 Å². The van der Waals surface area contributed by atoms with Crippen molar-refractivity contribution in [3.63, 3.8) is 0 Å². The van der Waals surface area contributed by atoms with Crippen LogP contribution >= 0.6 is 0 Å². The Morgan fingerprint density at radius 3 is 3.09 bits per heavy atom. The molecule has 1 atom stereocenters. The van der Waals surface area contributed by atoms with Gasteiger partial charge in [0.1, 0.15) is 6.61 Å². The molecule has 0 aromatic carbocycles. The van der Waals surface area contributed by atoms with E-state index in [0.29, 0.717) is 6.61 Å². The van der Waals surface area contributed by atoms with Crippen molar-refractivity contribution in [2.45, 2.75) is 18.9 Å². The van der Waals surface area contributed by atoms with Crippen LogP contribution in [0.15, 0.2) is 0 Å². The first-order chi connectivity index (χ1) is 5.29. The highest BCUT2D eigenvalue weighted by Gasteiger charge is 2.14. The maximum absolute atomic E-state index is 10.3. The maximum atomic E-state index is 10.3. The van der Waals surface area contributed by atoms with Crippen LogP contribution < -0.4 is 5.73 Å². The molecule has 64 valence electrons. The Morgan fingerprint density at radius 2 is 2.55 bits per heavy atom. The van der Waals surface area contributed by atoms with Crippen molar-refractivity contribution < 1.29 is 14.3 Å². The molecular formula is C7H13NO3. The first kappa shape index (κ1) is 8.49. The van der Waals surface area contributed by atoms with E-state index in [4.69, 9.17) is 15.2 Å². The van der Waals surface area contributed by atoms with E-state index in [1.807, 2.05) is 0 Å². The summed E-state index contributed by atoms with van der Waals surface area (Å²) >= 11 is 0.